The second-order valence-electron chi connectivity index (χ2n) is 3.46. The normalized spacial score (nSPS) is 11.9. The Morgan fingerprint density at radius 3 is 2.50 bits per heavy atom. The number of hydrogen-bond donors (Lipinski definition) is 0. The van der Waals surface area contributed by atoms with Crippen LogP contribution in [0.25, 0.3) is 10.9 Å². The van der Waals surface area contributed by atoms with Gasteiger partial charge in [0.25, 0.3) is 0 Å². The van der Waals surface area contributed by atoms with Gasteiger partial charge in [0.2, 0.25) is 0 Å². The van der Waals surface area contributed by atoms with Crippen molar-refractivity contribution in [3.05, 3.63) is 34.7 Å². The van der Waals surface area contributed by atoms with Crippen molar-refractivity contribution in [2.45, 2.75) is 6.18 Å². The molecule has 0 saturated carbocycles. The average molecular weight is 280 g/mol. The summed E-state index contributed by atoms with van der Waals surface area (Å²) < 4.78 is 56.2. The molecule has 18 heavy (non-hydrogen) atoms. The zero-order valence-corrected chi connectivity index (χ0v) is 9.73. The lowest BCUT2D eigenvalue weighted by Crippen LogP contribution is -2.09. The third-order valence-electron chi connectivity index (χ3n) is 2.33. The molecule has 0 aliphatic heterocycles. The molecule has 2 rings (SSSR count). The summed E-state index contributed by atoms with van der Waals surface area (Å²) >= 11 is 5.73. The van der Waals surface area contributed by atoms with Gasteiger partial charge in [0.05, 0.1) is 23.0 Å². The number of ether oxygens (including phenoxy) is 1. The van der Waals surface area contributed by atoms with Crippen molar-refractivity contribution in [1.82, 2.24) is 4.98 Å². The first kappa shape index (κ1) is 12.9. The van der Waals surface area contributed by atoms with E-state index in [0.29, 0.717) is 6.07 Å². The Kier molecular flexibility index (Phi) is 3.06. The summed E-state index contributed by atoms with van der Waals surface area (Å²) in [7, 11) is 1.15. The van der Waals surface area contributed by atoms with E-state index in [9.17, 15) is 17.6 Å². The summed E-state index contributed by atoms with van der Waals surface area (Å²) in [5, 5.41) is -0.242. The molecular weight excluding hydrogens is 274 g/mol. The predicted octanol–water partition coefficient (Wildman–Crippen LogP) is 4.05. The fourth-order valence-electron chi connectivity index (χ4n) is 1.54. The van der Waals surface area contributed by atoms with Gasteiger partial charge in [-0.1, -0.05) is 11.6 Å². The van der Waals surface area contributed by atoms with Gasteiger partial charge in [0.15, 0.2) is 0 Å². The number of methoxy groups -OCH3 is 1. The molecule has 0 saturated heterocycles. The molecule has 0 N–H and O–H groups in total. The van der Waals surface area contributed by atoms with Crippen LogP contribution in [-0.2, 0) is 6.18 Å². The molecule has 1 heterocycles. The van der Waals surface area contributed by atoms with Crippen LogP contribution in [0.3, 0.4) is 0 Å². The highest BCUT2D eigenvalue weighted by atomic mass is 35.5. The summed E-state index contributed by atoms with van der Waals surface area (Å²) in [5.74, 6) is -1.00. The molecule has 1 aromatic carbocycles. The van der Waals surface area contributed by atoms with Crippen LogP contribution < -0.4 is 4.74 Å². The first-order chi connectivity index (χ1) is 8.34. The lowest BCUT2D eigenvalue weighted by atomic mass is 10.1. The van der Waals surface area contributed by atoms with E-state index in [4.69, 9.17) is 16.3 Å². The van der Waals surface area contributed by atoms with Crippen LogP contribution >= 0.6 is 11.6 Å². The molecule has 0 atom stereocenters. The summed E-state index contributed by atoms with van der Waals surface area (Å²) in [6.45, 7) is 0. The molecule has 0 bridgehead atoms. The van der Waals surface area contributed by atoms with Crippen LogP contribution in [0, 0.1) is 5.82 Å². The van der Waals surface area contributed by atoms with E-state index in [1.54, 1.807) is 0 Å². The molecule has 1 aromatic heterocycles. The second kappa shape index (κ2) is 4.28. The number of fused-ring (bicyclic) bond motifs is 1. The van der Waals surface area contributed by atoms with Crippen molar-refractivity contribution in [3.63, 3.8) is 0 Å². The molecule has 2 nitrogen and oxygen atoms in total. The van der Waals surface area contributed by atoms with Crippen LogP contribution in [0.2, 0.25) is 5.02 Å². The molecule has 0 radical (unpaired) electrons. The minimum atomic E-state index is -4.66. The molecule has 0 unspecified atom stereocenters. The van der Waals surface area contributed by atoms with Gasteiger partial charge in [-0.25, -0.2) is 9.37 Å². The van der Waals surface area contributed by atoms with Gasteiger partial charge in [-0.15, -0.1) is 0 Å². The SMILES string of the molecule is COc1cc(C(F)(F)F)nc2c(Cl)ccc(F)c12. The highest BCUT2D eigenvalue weighted by molar-refractivity contribution is 6.35. The van der Waals surface area contributed by atoms with E-state index in [1.807, 2.05) is 0 Å². The summed E-state index contributed by atoms with van der Waals surface area (Å²) in [6, 6.07) is 2.83. The Bertz CT molecular complexity index is 612. The van der Waals surface area contributed by atoms with Crippen molar-refractivity contribution in [3.8, 4) is 5.75 Å². The third-order valence-corrected chi connectivity index (χ3v) is 2.64. The topological polar surface area (TPSA) is 22.1 Å². The van der Waals surface area contributed by atoms with Crippen LogP contribution in [-0.4, -0.2) is 12.1 Å². The number of hydrogen-bond acceptors (Lipinski definition) is 2. The van der Waals surface area contributed by atoms with Gasteiger partial charge >= 0.3 is 6.18 Å². The monoisotopic (exact) mass is 279 g/mol. The quantitative estimate of drug-likeness (QED) is 0.735. The van der Waals surface area contributed by atoms with E-state index in [1.165, 1.54) is 0 Å². The van der Waals surface area contributed by atoms with E-state index >= 15 is 0 Å². The lowest BCUT2D eigenvalue weighted by Gasteiger charge is -2.12. The Balaban J connectivity index is 2.88. The Labute approximate surface area is 104 Å². The Morgan fingerprint density at radius 1 is 1.28 bits per heavy atom. The van der Waals surface area contributed by atoms with Crippen LogP contribution in [0.4, 0.5) is 17.6 Å². The number of pyridine rings is 1. The number of alkyl halides is 3. The maximum absolute atomic E-state index is 13.6. The summed E-state index contributed by atoms with van der Waals surface area (Å²) in [4.78, 5) is 3.34. The van der Waals surface area contributed by atoms with E-state index < -0.39 is 17.7 Å². The standard InChI is InChI=1S/C11H6ClF4NO/c1-18-7-4-8(11(14,15)16)17-10-5(12)2-3-6(13)9(7)10/h2-4H,1H3. The lowest BCUT2D eigenvalue weighted by molar-refractivity contribution is -0.141. The number of nitrogens with zero attached hydrogens (tertiary/aromatic N) is 1. The first-order valence-corrected chi connectivity index (χ1v) is 5.12. The molecule has 0 aliphatic carbocycles. The maximum atomic E-state index is 13.6. The van der Waals surface area contributed by atoms with E-state index in [0.717, 1.165) is 19.2 Å². The largest absolute Gasteiger partial charge is 0.496 e. The molecular formula is C11H6ClF4NO. The minimum Gasteiger partial charge on any atom is -0.496 e. The third kappa shape index (κ3) is 2.08. The number of rotatable bonds is 1. The zero-order chi connectivity index (χ0) is 13.5. The van der Waals surface area contributed by atoms with E-state index in [2.05, 4.69) is 4.98 Å². The zero-order valence-electron chi connectivity index (χ0n) is 8.98. The fraction of sp³-hybridized carbons (Fsp3) is 0.182. The van der Waals surface area contributed by atoms with E-state index in [-0.39, 0.29) is 21.7 Å². The number of aromatic nitrogens is 1. The predicted molar refractivity (Wildman–Crippen MR) is 58.3 cm³/mol. The molecule has 2 aromatic rings. The van der Waals surface area contributed by atoms with Crippen LogP contribution in [0.15, 0.2) is 18.2 Å². The van der Waals surface area contributed by atoms with Gasteiger partial charge < -0.3 is 4.74 Å². The molecule has 0 aliphatic rings. The smallest absolute Gasteiger partial charge is 0.433 e. The van der Waals surface area contributed by atoms with Gasteiger partial charge in [-0.3, -0.25) is 0 Å². The Hall–Kier alpha value is -1.56. The van der Waals surface area contributed by atoms with Gasteiger partial charge in [0, 0.05) is 6.07 Å². The maximum Gasteiger partial charge on any atom is 0.433 e. The minimum absolute atomic E-state index is 0.0733. The molecule has 96 valence electrons. The van der Waals surface area contributed by atoms with Crippen molar-refractivity contribution in [1.29, 1.82) is 0 Å². The van der Waals surface area contributed by atoms with Gasteiger partial charge in [0.1, 0.15) is 17.3 Å². The van der Waals surface area contributed by atoms with Gasteiger partial charge in [-0.05, 0) is 12.1 Å². The van der Waals surface area contributed by atoms with Crippen LogP contribution in [0.5, 0.6) is 5.75 Å². The number of halogens is 5. The van der Waals surface area contributed by atoms with Crippen molar-refractivity contribution in [2.75, 3.05) is 7.11 Å². The average Bonchev–Trinajstić information content (AvgIpc) is 2.31. The molecule has 0 fully saturated rings. The van der Waals surface area contributed by atoms with Crippen LogP contribution in [0.1, 0.15) is 5.69 Å². The summed E-state index contributed by atoms with van der Waals surface area (Å²) in [6.07, 6.45) is -4.66. The van der Waals surface area contributed by atoms with Gasteiger partial charge in [-0.2, -0.15) is 13.2 Å². The fourth-order valence-corrected chi connectivity index (χ4v) is 1.74. The van der Waals surface area contributed by atoms with Crippen molar-refractivity contribution < 1.29 is 22.3 Å². The highest BCUT2D eigenvalue weighted by Gasteiger charge is 2.34. The molecule has 0 spiro atoms. The summed E-state index contributed by atoms with van der Waals surface area (Å²) in [5.41, 5.74) is -1.46. The second-order valence-corrected chi connectivity index (χ2v) is 3.87. The highest BCUT2D eigenvalue weighted by Crippen LogP contribution is 2.37. The van der Waals surface area contributed by atoms with Crippen molar-refractivity contribution >= 4 is 22.5 Å². The first-order valence-electron chi connectivity index (χ1n) is 4.74. The number of benzene rings is 1. The van der Waals surface area contributed by atoms with Crippen molar-refractivity contribution in [2.24, 2.45) is 0 Å². The Morgan fingerprint density at radius 2 is 1.94 bits per heavy atom. The molecule has 7 heteroatoms. The molecule has 0 amide bonds.